The molecule has 1 atom stereocenters. The van der Waals surface area contributed by atoms with Gasteiger partial charge < -0.3 is 14.5 Å². The molecule has 0 spiro atoms. The molecule has 7 heteroatoms. The minimum atomic E-state index is -0.899. The zero-order valence-electron chi connectivity index (χ0n) is 14.8. The third-order valence-electron chi connectivity index (χ3n) is 3.97. The molecular formula is C20H19ClN2O4. The van der Waals surface area contributed by atoms with Gasteiger partial charge in [-0.2, -0.15) is 0 Å². The lowest BCUT2D eigenvalue weighted by molar-refractivity contribution is -0.154. The van der Waals surface area contributed by atoms with Crippen LogP contribution >= 0.6 is 11.6 Å². The highest BCUT2D eigenvalue weighted by atomic mass is 35.5. The maximum atomic E-state index is 12.1. The number of esters is 1. The molecule has 0 saturated heterocycles. The SMILES string of the molecule is C[C@H](OC(=O)CCc1nc2ccccc2o1)C(=O)NCc1ccccc1Cl. The molecule has 0 bridgehead atoms. The second-order valence-corrected chi connectivity index (χ2v) is 6.42. The number of hydrogen-bond acceptors (Lipinski definition) is 5. The molecule has 1 aromatic heterocycles. The number of nitrogens with one attached hydrogen (secondary N) is 1. The van der Waals surface area contributed by atoms with E-state index in [9.17, 15) is 9.59 Å². The Morgan fingerprint density at radius 3 is 2.70 bits per heavy atom. The average molecular weight is 387 g/mol. The molecular weight excluding hydrogens is 368 g/mol. The van der Waals surface area contributed by atoms with Gasteiger partial charge in [-0.05, 0) is 30.7 Å². The van der Waals surface area contributed by atoms with E-state index in [1.54, 1.807) is 6.07 Å². The maximum absolute atomic E-state index is 12.1. The Labute approximate surface area is 161 Å². The third kappa shape index (κ3) is 5.08. The molecule has 0 aliphatic rings. The van der Waals surface area contributed by atoms with Crippen LogP contribution in [0.15, 0.2) is 52.9 Å². The van der Waals surface area contributed by atoms with E-state index >= 15 is 0 Å². The van der Waals surface area contributed by atoms with E-state index < -0.39 is 12.1 Å². The second kappa shape index (κ2) is 8.68. The van der Waals surface area contributed by atoms with Crippen molar-refractivity contribution >= 4 is 34.6 Å². The van der Waals surface area contributed by atoms with Crippen LogP contribution in [0.4, 0.5) is 0 Å². The summed E-state index contributed by atoms with van der Waals surface area (Å²) in [4.78, 5) is 28.4. The van der Waals surface area contributed by atoms with Crippen LogP contribution in [-0.4, -0.2) is 23.0 Å². The Morgan fingerprint density at radius 2 is 1.93 bits per heavy atom. The lowest BCUT2D eigenvalue weighted by atomic mass is 10.2. The number of aryl methyl sites for hydroxylation is 1. The van der Waals surface area contributed by atoms with Crippen molar-refractivity contribution in [2.45, 2.75) is 32.4 Å². The molecule has 0 radical (unpaired) electrons. The van der Waals surface area contributed by atoms with Crippen molar-refractivity contribution in [3.8, 4) is 0 Å². The van der Waals surface area contributed by atoms with E-state index in [4.69, 9.17) is 20.8 Å². The molecule has 0 fully saturated rings. The normalized spacial score (nSPS) is 11.9. The molecule has 3 aromatic rings. The third-order valence-corrected chi connectivity index (χ3v) is 4.34. The van der Waals surface area contributed by atoms with Crippen LogP contribution < -0.4 is 5.32 Å². The van der Waals surface area contributed by atoms with Gasteiger partial charge in [0.2, 0.25) is 0 Å². The molecule has 0 aliphatic heterocycles. The lowest BCUT2D eigenvalue weighted by Gasteiger charge is -2.13. The van der Waals surface area contributed by atoms with Gasteiger partial charge in [0.25, 0.3) is 5.91 Å². The first-order chi connectivity index (χ1) is 13.0. The van der Waals surface area contributed by atoms with Gasteiger partial charge in [0, 0.05) is 18.0 Å². The zero-order valence-corrected chi connectivity index (χ0v) is 15.5. The summed E-state index contributed by atoms with van der Waals surface area (Å²) >= 11 is 6.05. The number of halogens is 1. The Kier molecular flexibility index (Phi) is 6.08. The molecule has 27 heavy (non-hydrogen) atoms. The van der Waals surface area contributed by atoms with Gasteiger partial charge in [-0.3, -0.25) is 9.59 Å². The van der Waals surface area contributed by atoms with Crippen LogP contribution in [-0.2, 0) is 27.3 Å². The van der Waals surface area contributed by atoms with Crippen molar-refractivity contribution in [3.63, 3.8) is 0 Å². The number of aromatic nitrogens is 1. The Morgan fingerprint density at radius 1 is 1.19 bits per heavy atom. The van der Waals surface area contributed by atoms with Gasteiger partial charge in [0.1, 0.15) is 5.52 Å². The topological polar surface area (TPSA) is 81.4 Å². The first kappa shape index (κ1) is 18.9. The zero-order chi connectivity index (χ0) is 19.2. The minimum Gasteiger partial charge on any atom is -0.453 e. The van der Waals surface area contributed by atoms with Gasteiger partial charge in [0.05, 0.1) is 6.42 Å². The fourth-order valence-electron chi connectivity index (χ4n) is 2.51. The first-order valence-electron chi connectivity index (χ1n) is 8.58. The van der Waals surface area contributed by atoms with Gasteiger partial charge in [-0.25, -0.2) is 4.98 Å². The summed E-state index contributed by atoms with van der Waals surface area (Å²) in [6.07, 6.45) is -0.514. The Hall–Kier alpha value is -2.86. The van der Waals surface area contributed by atoms with Gasteiger partial charge in [-0.15, -0.1) is 0 Å². The van der Waals surface area contributed by atoms with Crippen LogP contribution in [0.3, 0.4) is 0 Å². The highest BCUT2D eigenvalue weighted by molar-refractivity contribution is 6.31. The quantitative estimate of drug-likeness (QED) is 0.626. The van der Waals surface area contributed by atoms with Gasteiger partial charge in [-0.1, -0.05) is 41.9 Å². The summed E-state index contributed by atoms with van der Waals surface area (Å²) in [6, 6.07) is 14.6. The number of para-hydroxylation sites is 2. The van der Waals surface area contributed by atoms with Crippen molar-refractivity contribution in [2.75, 3.05) is 0 Å². The predicted octanol–water partition coefficient (Wildman–Crippen LogP) is 3.66. The lowest BCUT2D eigenvalue weighted by Crippen LogP contribution is -2.35. The number of rotatable bonds is 7. The molecule has 0 aliphatic carbocycles. The van der Waals surface area contributed by atoms with Gasteiger partial charge in [0.15, 0.2) is 17.6 Å². The molecule has 0 unspecified atom stereocenters. The number of ether oxygens (including phenoxy) is 1. The molecule has 1 amide bonds. The number of fused-ring (bicyclic) bond motifs is 1. The van der Waals surface area contributed by atoms with E-state index in [0.29, 0.717) is 22.9 Å². The van der Waals surface area contributed by atoms with Crippen LogP contribution in [0.1, 0.15) is 24.8 Å². The van der Waals surface area contributed by atoms with Gasteiger partial charge >= 0.3 is 5.97 Å². The van der Waals surface area contributed by atoms with E-state index in [1.807, 2.05) is 42.5 Å². The molecule has 6 nitrogen and oxygen atoms in total. The summed E-state index contributed by atoms with van der Waals surface area (Å²) < 4.78 is 10.7. The van der Waals surface area contributed by atoms with Crippen LogP contribution in [0.2, 0.25) is 5.02 Å². The summed E-state index contributed by atoms with van der Waals surface area (Å²) in [5.74, 6) is -0.410. The maximum Gasteiger partial charge on any atom is 0.307 e. The van der Waals surface area contributed by atoms with Crippen LogP contribution in [0.5, 0.6) is 0 Å². The molecule has 1 N–H and O–H groups in total. The summed E-state index contributed by atoms with van der Waals surface area (Å²) in [7, 11) is 0. The van der Waals surface area contributed by atoms with E-state index in [2.05, 4.69) is 10.3 Å². The summed E-state index contributed by atoms with van der Waals surface area (Å²) in [5.41, 5.74) is 2.21. The fourth-order valence-corrected chi connectivity index (χ4v) is 2.72. The summed E-state index contributed by atoms with van der Waals surface area (Å²) in [5, 5.41) is 3.28. The van der Waals surface area contributed by atoms with Crippen molar-refractivity contribution in [2.24, 2.45) is 0 Å². The first-order valence-corrected chi connectivity index (χ1v) is 8.96. The molecule has 3 rings (SSSR count). The molecule has 2 aromatic carbocycles. The van der Waals surface area contributed by atoms with Crippen LogP contribution in [0.25, 0.3) is 11.1 Å². The Balaban J connectivity index is 1.45. The number of nitrogens with zero attached hydrogens (tertiary/aromatic N) is 1. The van der Waals surface area contributed by atoms with Crippen molar-refractivity contribution < 1.29 is 18.7 Å². The van der Waals surface area contributed by atoms with E-state index in [0.717, 1.165) is 11.1 Å². The molecule has 140 valence electrons. The Bertz CT molecular complexity index is 921. The molecule has 1 heterocycles. The number of oxazole rings is 1. The second-order valence-electron chi connectivity index (χ2n) is 6.02. The smallest absolute Gasteiger partial charge is 0.307 e. The van der Waals surface area contributed by atoms with Crippen LogP contribution in [0, 0.1) is 0 Å². The largest absolute Gasteiger partial charge is 0.453 e. The fraction of sp³-hybridized carbons (Fsp3) is 0.250. The van der Waals surface area contributed by atoms with Crippen molar-refractivity contribution in [1.82, 2.24) is 10.3 Å². The number of carbonyl (C=O) groups is 2. The number of benzene rings is 2. The van der Waals surface area contributed by atoms with Crippen molar-refractivity contribution in [3.05, 3.63) is 65.0 Å². The monoisotopic (exact) mass is 386 g/mol. The highest BCUT2D eigenvalue weighted by Crippen LogP contribution is 2.16. The van der Waals surface area contributed by atoms with Crippen molar-refractivity contribution in [1.29, 1.82) is 0 Å². The standard InChI is InChI=1S/C20H19ClN2O4/c1-13(20(25)22-12-14-6-2-3-7-15(14)21)26-19(24)11-10-18-23-16-8-4-5-9-17(16)27-18/h2-9,13H,10-12H2,1H3,(H,22,25)/t13-/m0/s1. The number of hydrogen-bond donors (Lipinski definition) is 1. The molecule has 0 saturated carbocycles. The van der Waals surface area contributed by atoms with E-state index in [1.165, 1.54) is 6.92 Å². The summed E-state index contributed by atoms with van der Waals surface area (Å²) in [6.45, 7) is 1.79. The highest BCUT2D eigenvalue weighted by Gasteiger charge is 2.18. The number of carbonyl (C=O) groups excluding carboxylic acids is 2. The minimum absolute atomic E-state index is 0.0783. The number of amides is 1. The predicted molar refractivity (Wildman–Crippen MR) is 101 cm³/mol. The van der Waals surface area contributed by atoms with E-state index in [-0.39, 0.29) is 18.9 Å². The average Bonchev–Trinajstić information content (AvgIpc) is 3.08.